The van der Waals surface area contributed by atoms with Crippen LogP contribution in [0.2, 0.25) is 10.0 Å². The van der Waals surface area contributed by atoms with E-state index < -0.39 is 46.0 Å². The summed E-state index contributed by atoms with van der Waals surface area (Å²) in [5, 5.41) is 10.6. The molecule has 0 radical (unpaired) electrons. The van der Waals surface area contributed by atoms with E-state index in [0.29, 0.717) is 5.56 Å². The number of sulfone groups is 1. The number of aryl methyl sites for hydroxylation is 1. The summed E-state index contributed by atoms with van der Waals surface area (Å²) in [5.41, 5.74) is -0.551. The molecule has 1 saturated heterocycles. The molecule has 1 unspecified atom stereocenters. The van der Waals surface area contributed by atoms with Gasteiger partial charge in [-0.1, -0.05) is 23.2 Å². The third kappa shape index (κ3) is 6.73. The lowest BCUT2D eigenvalue weighted by molar-refractivity contribution is -0.156. The fraction of sp³-hybridized carbons (Fsp3) is 0.391. The zero-order chi connectivity index (χ0) is 28.8. The van der Waals surface area contributed by atoms with Crippen LogP contribution in [0.25, 0.3) is 0 Å². The Morgan fingerprint density at radius 1 is 1.26 bits per heavy atom. The average Bonchev–Trinajstić information content (AvgIpc) is 3.21. The smallest absolute Gasteiger partial charge is 0.422 e. The molecule has 3 heterocycles. The van der Waals surface area contributed by atoms with Crippen LogP contribution < -0.4 is 15.6 Å². The first-order valence-electron chi connectivity index (χ1n) is 11.4. The molecule has 0 saturated carbocycles. The number of alkyl halides is 3. The highest BCUT2D eigenvalue weighted by atomic mass is 35.5. The van der Waals surface area contributed by atoms with Crippen LogP contribution in [-0.4, -0.2) is 67.0 Å². The highest BCUT2D eigenvalue weighted by Gasteiger charge is 2.46. The molecule has 1 atom stereocenters. The fourth-order valence-electron chi connectivity index (χ4n) is 4.32. The van der Waals surface area contributed by atoms with E-state index >= 15 is 0 Å². The molecular formula is C23H22Cl2F3N5O5S. The Labute approximate surface area is 231 Å². The highest BCUT2D eigenvalue weighted by molar-refractivity contribution is 7.93. The fourth-order valence-corrected chi connectivity index (χ4v) is 6.80. The van der Waals surface area contributed by atoms with Crippen molar-refractivity contribution in [1.29, 1.82) is 0 Å². The lowest BCUT2D eigenvalue weighted by Gasteiger charge is -2.38. The minimum atomic E-state index is -4.63. The largest absolute Gasteiger partial charge is 0.470 e. The van der Waals surface area contributed by atoms with Crippen LogP contribution in [0.15, 0.2) is 35.6 Å². The number of benzene rings is 1. The first kappa shape index (κ1) is 28.9. The molecule has 1 fully saturated rings. The number of rotatable bonds is 6. The van der Waals surface area contributed by atoms with E-state index in [2.05, 4.69) is 20.7 Å². The Morgan fingerprint density at radius 3 is 2.56 bits per heavy atom. The Kier molecular flexibility index (Phi) is 7.76. The predicted molar refractivity (Wildman–Crippen MR) is 139 cm³/mol. The summed E-state index contributed by atoms with van der Waals surface area (Å²) in [6, 6.07) is 4.57. The van der Waals surface area contributed by atoms with Gasteiger partial charge in [-0.25, -0.2) is 18.4 Å². The van der Waals surface area contributed by atoms with Gasteiger partial charge in [0.05, 0.1) is 39.7 Å². The van der Waals surface area contributed by atoms with Crippen LogP contribution in [-0.2, 0) is 19.4 Å². The number of ether oxygens (including phenoxy) is 1. The normalized spacial score (nSPS) is 19.6. The Morgan fingerprint density at radius 2 is 1.95 bits per heavy atom. The number of hydrogen-bond acceptors (Lipinski definition) is 8. The van der Waals surface area contributed by atoms with E-state index in [9.17, 15) is 31.2 Å². The van der Waals surface area contributed by atoms with Gasteiger partial charge in [0.15, 0.2) is 22.3 Å². The van der Waals surface area contributed by atoms with E-state index in [0.717, 1.165) is 5.01 Å². The van der Waals surface area contributed by atoms with Gasteiger partial charge in [-0.2, -0.15) is 13.2 Å². The number of halogens is 5. The number of anilines is 2. The summed E-state index contributed by atoms with van der Waals surface area (Å²) in [5.74, 6) is -2.26. The van der Waals surface area contributed by atoms with Gasteiger partial charge in [0.2, 0.25) is 11.8 Å². The second-order valence-corrected chi connectivity index (χ2v) is 12.4. The number of hydrogen-bond donors (Lipinski definition) is 2. The van der Waals surface area contributed by atoms with Crippen LogP contribution in [0.4, 0.5) is 24.7 Å². The average molecular weight is 608 g/mol. The van der Waals surface area contributed by atoms with Gasteiger partial charge in [-0.3, -0.25) is 9.59 Å². The molecule has 2 aliphatic rings. The molecule has 2 amide bonds. The van der Waals surface area contributed by atoms with Gasteiger partial charge in [0.1, 0.15) is 6.04 Å². The number of carbonyl (C=O) groups excluding carboxylic acids is 2. The van der Waals surface area contributed by atoms with Crippen molar-refractivity contribution in [3.8, 4) is 0 Å². The summed E-state index contributed by atoms with van der Waals surface area (Å²) in [4.78, 5) is 30.7. The standard InChI is InChI=1S/C23H22Cl2F3N5O5S/c1-12-6-13(24)7-14(20(34)31-22(2)10-39(36,37)11-22)18(12)30-21(35)16-8-17(38-9-23(26,27)28)32-33(16)19-15(25)4-3-5-29-19/h3-7,16H,8-11H2,1-2H3,(H,30,35)(H,31,34). The van der Waals surface area contributed by atoms with Gasteiger partial charge in [-0.15, -0.1) is 5.10 Å². The number of aromatic nitrogens is 1. The monoisotopic (exact) mass is 607 g/mol. The number of hydrazone groups is 1. The second-order valence-electron chi connectivity index (χ2n) is 9.45. The first-order valence-corrected chi connectivity index (χ1v) is 13.9. The van der Waals surface area contributed by atoms with E-state index in [1.54, 1.807) is 13.8 Å². The van der Waals surface area contributed by atoms with E-state index in [1.807, 2.05) is 0 Å². The van der Waals surface area contributed by atoms with E-state index in [-0.39, 0.29) is 50.9 Å². The molecule has 0 spiro atoms. The van der Waals surface area contributed by atoms with Gasteiger partial charge < -0.3 is 15.4 Å². The second kappa shape index (κ2) is 10.5. The molecule has 1 aromatic heterocycles. The van der Waals surface area contributed by atoms with Crippen molar-refractivity contribution < 1.29 is 35.9 Å². The van der Waals surface area contributed by atoms with Crippen molar-refractivity contribution in [3.63, 3.8) is 0 Å². The van der Waals surface area contributed by atoms with Gasteiger partial charge in [-0.05, 0) is 43.7 Å². The predicted octanol–water partition coefficient (Wildman–Crippen LogP) is 3.72. The molecular weight excluding hydrogens is 586 g/mol. The van der Waals surface area contributed by atoms with Crippen molar-refractivity contribution in [2.75, 3.05) is 28.4 Å². The number of nitrogens with one attached hydrogen (secondary N) is 2. The minimum Gasteiger partial charge on any atom is -0.470 e. The highest BCUT2D eigenvalue weighted by Crippen LogP contribution is 2.33. The van der Waals surface area contributed by atoms with Crippen molar-refractivity contribution >= 4 is 62.3 Å². The summed E-state index contributed by atoms with van der Waals surface area (Å²) < 4.78 is 66.3. The maximum absolute atomic E-state index is 13.5. The number of carbonyl (C=O) groups is 2. The molecule has 10 nitrogen and oxygen atoms in total. The van der Waals surface area contributed by atoms with Crippen molar-refractivity contribution in [2.24, 2.45) is 5.10 Å². The third-order valence-corrected chi connectivity index (χ3v) is 8.50. The first-order chi connectivity index (χ1) is 18.1. The van der Waals surface area contributed by atoms with Gasteiger partial charge in [0.25, 0.3) is 5.91 Å². The molecule has 0 bridgehead atoms. The van der Waals surface area contributed by atoms with E-state index in [4.69, 9.17) is 27.9 Å². The topological polar surface area (TPSA) is 130 Å². The lowest BCUT2D eigenvalue weighted by atomic mass is 10.0. The number of nitrogens with zero attached hydrogens (tertiary/aromatic N) is 3. The molecule has 4 rings (SSSR count). The minimum absolute atomic E-state index is 0.00911. The van der Waals surface area contributed by atoms with Crippen LogP contribution >= 0.6 is 23.2 Å². The lowest BCUT2D eigenvalue weighted by Crippen LogP contribution is -2.63. The third-order valence-electron chi connectivity index (χ3n) is 5.83. The molecule has 1 aromatic carbocycles. The summed E-state index contributed by atoms with van der Waals surface area (Å²) >= 11 is 12.4. The van der Waals surface area contributed by atoms with Crippen LogP contribution in [0.1, 0.15) is 29.3 Å². The maximum Gasteiger partial charge on any atom is 0.422 e. The van der Waals surface area contributed by atoms with Crippen LogP contribution in [0.5, 0.6) is 0 Å². The molecule has 2 N–H and O–H groups in total. The van der Waals surface area contributed by atoms with Crippen molar-refractivity contribution in [2.45, 2.75) is 38.0 Å². The number of pyridine rings is 1. The summed E-state index contributed by atoms with van der Waals surface area (Å²) in [6.45, 7) is 1.55. The van der Waals surface area contributed by atoms with Gasteiger partial charge >= 0.3 is 6.18 Å². The molecule has 2 aliphatic heterocycles. The Hall–Kier alpha value is -3.10. The van der Waals surface area contributed by atoms with Crippen molar-refractivity contribution in [1.82, 2.24) is 10.3 Å². The summed E-state index contributed by atoms with van der Waals surface area (Å²) in [6.07, 6.45) is -3.61. The zero-order valence-corrected chi connectivity index (χ0v) is 22.8. The zero-order valence-electron chi connectivity index (χ0n) is 20.5. The SMILES string of the molecule is Cc1cc(Cl)cc(C(=O)NC2(C)CS(=O)(=O)C2)c1NC(=O)C1CC(OCC(F)(F)F)=NN1c1ncccc1Cl. The molecule has 210 valence electrons. The quantitative estimate of drug-likeness (QED) is 0.512. The molecule has 39 heavy (non-hydrogen) atoms. The molecule has 16 heteroatoms. The number of amides is 2. The molecule has 0 aliphatic carbocycles. The Bertz CT molecular complexity index is 1460. The molecule has 2 aromatic rings. The summed E-state index contributed by atoms with van der Waals surface area (Å²) in [7, 11) is -3.26. The Balaban J connectivity index is 1.61. The van der Waals surface area contributed by atoms with E-state index in [1.165, 1.54) is 30.5 Å². The van der Waals surface area contributed by atoms with Crippen LogP contribution in [0, 0.1) is 6.92 Å². The van der Waals surface area contributed by atoms with Crippen molar-refractivity contribution in [3.05, 3.63) is 51.6 Å². The van der Waals surface area contributed by atoms with Gasteiger partial charge in [0, 0.05) is 11.2 Å². The van der Waals surface area contributed by atoms with Crippen LogP contribution in [0.3, 0.4) is 0 Å². The maximum atomic E-state index is 13.5.